The molecule has 1 aliphatic rings. The van der Waals surface area contributed by atoms with Gasteiger partial charge in [-0.2, -0.15) is 0 Å². The largest absolute Gasteiger partial charge is 0.400 e. The molecule has 10 heteroatoms. The number of nitrogen functional groups attached to an aromatic ring is 1. The van der Waals surface area contributed by atoms with Gasteiger partial charge in [-0.05, 0) is 56.2 Å². The van der Waals surface area contributed by atoms with E-state index in [1.807, 2.05) is 18.5 Å². The summed E-state index contributed by atoms with van der Waals surface area (Å²) in [7, 11) is 1.00. The predicted molar refractivity (Wildman–Crippen MR) is 158 cm³/mol. The van der Waals surface area contributed by atoms with Crippen LogP contribution in [0.5, 0.6) is 0 Å². The lowest BCUT2D eigenvalue weighted by Gasteiger charge is -2.27. The molecule has 0 radical (unpaired) electrons. The predicted octanol–water partition coefficient (Wildman–Crippen LogP) is 4.50. The number of carbonyl (C=O) groups is 1. The lowest BCUT2D eigenvalue weighted by atomic mass is 9.87. The highest BCUT2D eigenvalue weighted by Crippen LogP contribution is 2.31. The summed E-state index contributed by atoms with van der Waals surface area (Å²) in [5.41, 5.74) is 11.0. The minimum Gasteiger partial charge on any atom is -0.400 e. The Kier molecular flexibility index (Phi) is 10.4. The number of benzene rings is 1. The molecule has 1 aliphatic carbocycles. The lowest BCUT2D eigenvalue weighted by Crippen LogP contribution is -2.36. The zero-order valence-electron chi connectivity index (χ0n) is 24.1. The van der Waals surface area contributed by atoms with Crippen LogP contribution in [-0.4, -0.2) is 68.3 Å². The van der Waals surface area contributed by atoms with Crippen LogP contribution >= 0.6 is 0 Å². The Balaban J connectivity index is 0.00000205. The van der Waals surface area contributed by atoms with Gasteiger partial charge in [-0.1, -0.05) is 44.6 Å². The summed E-state index contributed by atoms with van der Waals surface area (Å²) >= 11 is 0. The van der Waals surface area contributed by atoms with E-state index in [9.17, 15) is 4.79 Å². The molecular weight excluding hydrogens is 492 g/mol. The van der Waals surface area contributed by atoms with Crippen molar-refractivity contribution in [2.45, 2.75) is 71.4 Å². The van der Waals surface area contributed by atoms with Gasteiger partial charge in [0.1, 0.15) is 11.8 Å². The van der Waals surface area contributed by atoms with Crippen molar-refractivity contribution in [2.24, 2.45) is 0 Å². The number of aromatic nitrogens is 4. The standard InChI is InChI=1S/C28H40N8O.CH4O/c1-19(2)35(14-6-13-30-27(37)34-22-10-8-21(9-11-22)28(3,4)5)16-20-7-12-23(15-20)36-18-33-24-25(29)31-17-32-26(24)36;1-2/h8-11,15,17-19,23H,6-7,12-14,16H2,1-5H3,(H2,29,31,32)(H2,30,34,37);2H,1H3. The maximum absolute atomic E-state index is 12.3. The Hall–Kier alpha value is -3.50. The highest BCUT2D eigenvalue weighted by Gasteiger charge is 2.22. The number of hydrogen-bond donors (Lipinski definition) is 4. The van der Waals surface area contributed by atoms with Gasteiger partial charge in [0.15, 0.2) is 11.5 Å². The van der Waals surface area contributed by atoms with Gasteiger partial charge in [-0.15, -0.1) is 0 Å². The molecule has 212 valence electrons. The lowest BCUT2D eigenvalue weighted by molar-refractivity contribution is 0.232. The SMILES string of the molecule is CC(C)N(CCCNC(=O)Nc1ccc(C(C)(C)C)cc1)CC1=CC(n2cnc3c(N)ncnc32)CC1.CO. The number of imidazole rings is 1. The molecule has 2 amide bonds. The Morgan fingerprint density at radius 3 is 2.56 bits per heavy atom. The maximum atomic E-state index is 12.3. The van der Waals surface area contributed by atoms with Crippen molar-refractivity contribution >= 4 is 28.7 Å². The third kappa shape index (κ3) is 8.00. The first kappa shape index (κ1) is 30.0. The first-order chi connectivity index (χ1) is 18.6. The normalized spacial score (nSPS) is 15.3. The number of carbonyl (C=O) groups excluding carboxylic acids is 1. The third-order valence-corrected chi connectivity index (χ3v) is 6.99. The summed E-state index contributed by atoms with van der Waals surface area (Å²) in [4.78, 5) is 27.7. The number of anilines is 2. The van der Waals surface area contributed by atoms with Gasteiger partial charge < -0.3 is 26.0 Å². The first-order valence-electron chi connectivity index (χ1n) is 13.6. The molecule has 0 fully saturated rings. The number of aliphatic hydroxyl groups is 1. The van der Waals surface area contributed by atoms with E-state index in [0.29, 0.717) is 23.9 Å². The summed E-state index contributed by atoms with van der Waals surface area (Å²) in [6, 6.07) is 8.52. The number of rotatable bonds is 9. The van der Waals surface area contributed by atoms with Crippen molar-refractivity contribution in [3.63, 3.8) is 0 Å². The summed E-state index contributed by atoms with van der Waals surface area (Å²) in [6.45, 7) is 13.4. The fourth-order valence-corrected chi connectivity index (χ4v) is 4.73. The molecule has 0 bridgehead atoms. The van der Waals surface area contributed by atoms with Crippen LogP contribution in [0.4, 0.5) is 16.3 Å². The Bertz CT molecular complexity index is 1240. The number of urea groups is 1. The van der Waals surface area contributed by atoms with Gasteiger partial charge in [0.2, 0.25) is 0 Å². The third-order valence-electron chi connectivity index (χ3n) is 6.99. The molecule has 0 saturated carbocycles. The smallest absolute Gasteiger partial charge is 0.319 e. The van der Waals surface area contributed by atoms with Crippen molar-refractivity contribution < 1.29 is 9.90 Å². The molecule has 10 nitrogen and oxygen atoms in total. The first-order valence-corrected chi connectivity index (χ1v) is 13.6. The summed E-state index contributed by atoms with van der Waals surface area (Å²) in [5, 5.41) is 12.9. The molecule has 0 saturated heterocycles. The molecule has 2 aromatic heterocycles. The van der Waals surface area contributed by atoms with Crippen LogP contribution in [0, 0.1) is 0 Å². The van der Waals surface area contributed by atoms with Crippen LogP contribution in [-0.2, 0) is 5.41 Å². The second-order valence-electron chi connectivity index (χ2n) is 11.1. The Labute approximate surface area is 231 Å². The molecule has 0 aliphatic heterocycles. The second-order valence-corrected chi connectivity index (χ2v) is 11.1. The van der Waals surface area contributed by atoms with Crippen LogP contribution in [0.1, 0.15) is 65.5 Å². The van der Waals surface area contributed by atoms with Crippen LogP contribution < -0.4 is 16.4 Å². The van der Waals surface area contributed by atoms with Crippen molar-refractivity contribution in [1.82, 2.24) is 29.7 Å². The second kappa shape index (κ2) is 13.5. The van der Waals surface area contributed by atoms with Crippen LogP contribution in [0.2, 0.25) is 0 Å². The number of nitrogens with one attached hydrogen (secondary N) is 2. The topological polar surface area (TPSA) is 134 Å². The summed E-state index contributed by atoms with van der Waals surface area (Å²) < 4.78 is 2.10. The molecule has 0 spiro atoms. The van der Waals surface area contributed by atoms with E-state index in [-0.39, 0.29) is 17.5 Å². The fraction of sp³-hybridized carbons (Fsp3) is 0.517. The quantitative estimate of drug-likeness (QED) is 0.234. The summed E-state index contributed by atoms with van der Waals surface area (Å²) in [6.07, 6.45) is 8.60. The minimum atomic E-state index is -0.169. The molecular formula is C29H44N8O2. The van der Waals surface area contributed by atoms with E-state index in [1.165, 1.54) is 17.5 Å². The maximum Gasteiger partial charge on any atom is 0.319 e. The van der Waals surface area contributed by atoms with Crippen LogP contribution in [0.15, 0.2) is 48.6 Å². The van der Waals surface area contributed by atoms with E-state index in [2.05, 4.69) is 87.9 Å². The minimum absolute atomic E-state index is 0.0931. The zero-order valence-corrected chi connectivity index (χ0v) is 24.1. The van der Waals surface area contributed by atoms with Gasteiger partial charge in [-0.3, -0.25) is 4.90 Å². The molecule has 3 aromatic rings. The molecule has 1 atom stereocenters. The average Bonchev–Trinajstić information content (AvgIpc) is 3.54. The molecule has 5 N–H and O–H groups in total. The van der Waals surface area contributed by atoms with Gasteiger partial charge in [0, 0.05) is 38.5 Å². The van der Waals surface area contributed by atoms with E-state index in [1.54, 1.807) is 0 Å². The van der Waals surface area contributed by atoms with Crippen LogP contribution in [0.3, 0.4) is 0 Å². The highest BCUT2D eigenvalue weighted by atomic mass is 16.2. The van der Waals surface area contributed by atoms with Crippen molar-refractivity contribution in [1.29, 1.82) is 0 Å². The Morgan fingerprint density at radius 2 is 1.90 bits per heavy atom. The molecule has 39 heavy (non-hydrogen) atoms. The van der Waals surface area contributed by atoms with Gasteiger partial charge in [0.05, 0.1) is 12.4 Å². The number of allylic oxidation sites excluding steroid dienone is 1. The molecule has 4 rings (SSSR count). The van der Waals surface area contributed by atoms with E-state index in [4.69, 9.17) is 10.8 Å². The van der Waals surface area contributed by atoms with E-state index < -0.39 is 0 Å². The number of fused-ring (bicyclic) bond motifs is 1. The van der Waals surface area contributed by atoms with Crippen LogP contribution in [0.25, 0.3) is 11.2 Å². The van der Waals surface area contributed by atoms with Crippen molar-refractivity contribution in [3.05, 3.63) is 54.1 Å². The van der Waals surface area contributed by atoms with Gasteiger partial charge in [-0.25, -0.2) is 19.7 Å². The van der Waals surface area contributed by atoms with Gasteiger partial charge in [0.25, 0.3) is 0 Å². The molecule has 2 heterocycles. The van der Waals surface area contributed by atoms with E-state index >= 15 is 0 Å². The fourth-order valence-electron chi connectivity index (χ4n) is 4.73. The van der Waals surface area contributed by atoms with Crippen molar-refractivity contribution in [2.75, 3.05) is 37.8 Å². The van der Waals surface area contributed by atoms with Crippen molar-refractivity contribution in [3.8, 4) is 0 Å². The number of nitrogens with two attached hydrogens (primary N) is 1. The number of nitrogens with zero attached hydrogens (tertiary/aromatic N) is 5. The zero-order chi connectivity index (χ0) is 28.6. The highest BCUT2D eigenvalue weighted by molar-refractivity contribution is 5.89. The number of amides is 2. The van der Waals surface area contributed by atoms with Gasteiger partial charge >= 0.3 is 6.03 Å². The molecule has 1 aromatic carbocycles. The average molecular weight is 537 g/mol. The monoisotopic (exact) mass is 536 g/mol. The number of hydrogen-bond acceptors (Lipinski definition) is 7. The van der Waals surface area contributed by atoms with E-state index in [0.717, 1.165) is 50.8 Å². The molecule has 1 unspecified atom stereocenters. The summed E-state index contributed by atoms with van der Waals surface area (Å²) in [5.74, 6) is 0.415. The number of aliphatic hydroxyl groups excluding tert-OH is 1. The Morgan fingerprint density at radius 1 is 1.18 bits per heavy atom.